The summed E-state index contributed by atoms with van der Waals surface area (Å²) in [5, 5.41) is 0. The highest BCUT2D eigenvalue weighted by Crippen LogP contribution is 2.60. The lowest BCUT2D eigenvalue weighted by atomic mass is 10.1. The predicted molar refractivity (Wildman–Crippen MR) is 94.3 cm³/mol. The van der Waals surface area contributed by atoms with Crippen LogP contribution in [-0.4, -0.2) is 12.4 Å². The summed E-state index contributed by atoms with van der Waals surface area (Å²) in [7, 11) is 0. The van der Waals surface area contributed by atoms with E-state index in [2.05, 4.69) is 32.9 Å². The van der Waals surface area contributed by atoms with Gasteiger partial charge in [0.2, 0.25) is 0 Å². The Morgan fingerprint density at radius 2 is 1.80 bits per heavy atom. The zero-order valence-corrected chi connectivity index (χ0v) is 15.2. The van der Waals surface area contributed by atoms with Crippen molar-refractivity contribution >= 4 is 28.9 Å². The van der Waals surface area contributed by atoms with Crippen molar-refractivity contribution in [1.82, 2.24) is 0 Å². The lowest BCUT2D eigenvalue weighted by Gasteiger charge is -2.21. The molecular formula is C15H25O2PS2. The van der Waals surface area contributed by atoms with Gasteiger partial charge in [0.1, 0.15) is 5.75 Å². The maximum Gasteiger partial charge on any atom is 0.297 e. The quantitative estimate of drug-likeness (QED) is 0.503. The van der Waals surface area contributed by atoms with Crippen molar-refractivity contribution in [3.05, 3.63) is 29.8 Å². The second-order valence-corrected chi connectivity index (χ2v) is 11.1. The zero-order chi connectivity index (χ0) is 14.8. The third-order valence-corrected chi connectivity index (χ3v) is 7.96. The molecule has 0 spiro atoms. The normalized spacial score (nSPS) is 13.9. The Labute approximate surface area is 132 Å². The zero-order valence-electron chi connectivity index (χ0n) is 12.6. The van der Waals surface area contributed by atoms with Crippen LogP contribution in [-0.2, 0) is 22.8 Å². The summed E-state index contributed by atoms with van der Waals surface area (Å²) in [6.07, 6.45) is 4.53. The summed E-state index contributed by atoms with van der Waals surface area (Å²) in [6.45, 7) is 7.04. The van der Waals surface area contributed by atoms with Gasteiger partial charge in [0, 0.05) is 5.75 Å². The van der Waals surface area contributed by atoms with E-state index >= 15 is 0 Å². The highest BCUT2D eigenvalue weighted by atomic mass is 32.9. The van der Waals surface area contributed by atoms with E-state index in [0.717, 1.165) is 24.3 Å². The molecule has 0 bridgehead atoms. The Morgan fingerprint density at radius 3 is 2.35 bits per heavy atom. The van der Waals surface area contributed by atoms with Crippen LogP contribution < -0.4 is 4.52 Å². The first-order valence-corrected chi connectivity index (χ1v) is 11.5. The van der Waals surface area contributed by atoms with Gasteiger partial charge in [-0.25, -0.2) is 0 Å². The fourth-order valence-corrected chi connectivity index (χ4v) is 6.20. The largest absolute Gasteiger partial charge is 0.436 e. The summed E-state index contributed by atoms with van der Waals surface area (Å²) in [5.41, 5.74) is -0.892. The highest BCUT2D eigenvalue weighted by molar-refractivity contribution is 8.68. The van der Waals surface area contributed by atoms with Crippen LogP contribution in [0.2, 0.25) is 0 Å². The summed E-state index contributed by atoms with van der Waals surface area (Å²) in [6, 6.07) is 8.28. The Kier molecular flexibility index (Phi) is 8.86. The van der Waals surface area contributed by atoms with Gasteiger partial charge in [-0.05, 0) is 48.8 Å². The predicted octanol–water partition coefficient (Wildman–Crippen LogP) is 5.81. The summed E-state index contributed by atoms with van der Waals surface area (Å²) in [4.78, 5) is 0. The van der Waals surface area contributed by atoms with E-state index in [1.807, 2.05) is 12.1 Å². The molecule has 0 fully saturated rings. The molecule has 1 atom stereocenters. The van der Waals surface area contributed by atoms with Gasteiger partial charge in [-0.1, -0.05) is 50.7 Å². The number of hydrogen-bond acceptors (Lipinski definition) is 4. The lowest BCUT2D eigenvalue weighted by Crippen LogP contribution is -1.97. The van der Waals surface area contributed by atoms with Gasteiger partial charge >= 0.3 is 0 Å². The molecule has 114 valence electrons. The number of aryl methyl sites for hydroxylation is 1. The fraction of sp³-hybridized carbons (Fsp3) is 0.600. The van der Waals surface area contributed by atoms with E-state index < -0.39 is 5.69 Å². The molecule has 0 aromatic heterocycles. The van der Waals surface area contributed by atoms with E-state index in [1.54, 1.807) is 11.4 Å². The molecule has 0 N–H and O–H groups in total. The average molecular weight is 332 g/mol. The van der Waals surface area contributed by atoms with Crippen molar-refractivity contribution in [2.24, 2.45) is 0 Å². The maximum atomic E-state index is 5.97. The van der Waals surface area contributed by atoms with Crippen LogP contribution in [0.5, 0.6) is 5.75 Å². The average Bonchev–Trinajstić information content (AvgIpc) is 2.45. The molecule has 1 aromatic carbocycles. The van der Waals surface area contributed by atoms with E-state index in [-0.39, 0.29) is 0 Å². The minimum Gasteiger partial charge on any atom is -0.436 e. The SMILES string of the molecule is CCCCc1ccc(OP(=S)(OCCC)SCC)cc1. The van der Waals surface area contributed by atoms with Crippen LogP contribution in [0, 0.1) is 0 Å². The van der Waals surface area contributed by atoms with Gasteiger partial charge in [0.05, 0.1) is 6.61 Å². The molecule has 0 heterocycles. The fourth-order valence-electron chi connectivity index (χ4n) is 1.68. The number of hydrogen-bond donors (Lipinski definition) is 0. The molecule has 0 aliphatic carbocycles. The molecule has 20 heavy (non-hydrogen) atoms. The molecule has 1 rings (SSSR count). The molecule has 0 saturated heterocycles. The van der Waals surface area contributed by atoms with Gasteiger partial charge in [0.15, 0.2) is 0 Å². The van der Waals surface area contributed by atoms with Crippen molar-refractivity contribution in [2.75, 3.05) is 12.4 Å². The minimum atomic E-state index is -2.24. The molecule has 1 unspecified atom stereocenters. The number of benzene rings is 1. The highest BCUT2D eigenvalue weighted by Gasteiger charge is 2.20. The number of rotatable bonds is 10. The van der Waals surface area contributed by atoms with Crippen LogP contribution in [0.4, 0.5) is 0 Å². The first-order chi connectivity index (χ1) is 9.63. The Hall–Kier alpha value is -0.0200. The van der Waals surface area contributed by atoms with Gasteiger partial charge in [0.25, 0.3) is 5.69 Å². The second-order valence-electron chi connectivity index (χ2n) is 4.54. The third kappa shape index (κ3) is 6.62. The third-order valence-electron chi connectivity index (χ3n) is 2.70. The monoisotopic (exact) mass is 332 g/mol. The summed E-state index contributed by atoms with van der Waals surface area (Å²) in [5.74, 6) is 1.74. The van der Waals surface area contributed by atoms with Crippen molar-refractivity contribution in [2.45, 2.75) is 46.5 Å². The van der Waals surface area contributed by atoms with Crippen LogP contribution >= 0.6 is 17.1 Å². The maximum absolute atomic E-state index is 5.97. The van der Waals surface area contributed by atoms with Crippen LogP contribution in [0.3, 0.4) is 0 Å². The first-order valence-electron chi connectivity index (χ1n) is 7.31. The molecule has 0 radical (unpaired) electrons. The van der Waals surface area contributed by atoms with Crippen molar-refractivity contribution in [1.29, 1.82) is 0 Å². The van der Waals surface area contributed by atoms with Crippen LogP contribution in [0.25, 0.3) is 0 Å². The molecular weight excluding hydrogens is 307 g/mol. The lowest BCUT2D eigenvalue weighted by molar-refractivity contribution is 0.323. The minimum absolute atomic E-state index is 0.666. The molecule has 0 aliphatic heterocycles. The van der Waals surface area contributed by atoms with Gasteiger partial charge in [-0.2, -0.15) is 0 Å². The van der Waals surface area contributed by atoms with E-state index in [1.165, 1.54) is 18.4 Å². The smallest absolute Gasteiger partial charge is 0.297 e. The Balaban J connectivity index is 2.66. The van der Waals surface area contributed by atoms with Crippen molar-refractivity contribution in [3.63, 3.8) is 0 Å². The van der Waals surface area contributed by atoms with Gasteiger partial charge in [-0.3, -0.25) is 0 Å². The molecule has 1 aromatic rings. The second kappa shape index (κ2) is 9.83. The number of unbranched alkanes of at least 4 members (excludes halogenated alkanes) is 1. The molecule has 0 aliphatic rings. The molecule has 0 saturated carbocycles. The van der Waals surface area contributed by atoms with E-state index in [4.69, 9.17) is 20.9 Å². The first kappa shape index (κ1) is 18.0. The van der Waals surface area contributed by atoms with Gasteiger partial charge in [-0.15, -0.1) is 0 Å². The summed E-state index contributed by atoms with van der Waals surface area (Å²) >= 11 is 7.19. The topological polar surface area (TPSA) is 18.5 Å². The van der Waals surface area contributed by atoms with Crippen molar-refractivity contribution < 1.29 is 9.05 Å². The van der Waals surface area contributed by atoms with Gasteiger partial charge < -0.3 is 9.05 Å². The molecule has 2 nitrogen and oxygen atoms in total. The van der Waals surface area contributed by atoms with E-state index in [0.29, 0.717) is 6.61 Å². The van der Waals surface area contributed by atoms with Crippen LogP contribution in [0.1, 0.15) is 45.6 Å². The molecule has 5 heteroatoms. The standard InChI is InChI=1S/C15H25O2PS2/c1-4-7-8-14-9-11-15(12-10-14)17-18(19,20-6-3)16-13-5-2/h9-12H,4-8,13H2,1-3H3. The van der Waals surface area contributed by atoms with Crippen molar-refractivity contribution in [3.8, 4) is 5.75 Å². The Bertz CT molecular complexity index is 420. The molecule has 0 amide bonds. The summed E-state index contributed by atoms with van der Waals surface area (Å²) < 4.78 is 11.8. The van der Waals surface area contributed by atoms with Crippen LogP contribution in [0.15, 0.2) is 24.3 Å². The van der Waals surface area contributed by atoms with E-state index in [9.17, 15) is 0 Å². The Morgan fingerprint density at radius 1 is 1.10 bits per heavy atom.